The highest BCUT2D eigenvalue weighted by Gasteiger charge is 2.29. The minimum absolute atomic E-state index is 0.506. The summed E-state index contributed by atoms with van der Waals surface area (Å²) in [6, 6.07) is 0. The highest BCUT2D eigenvalue weighted by molar-refractivity contribution is 7.08. The first kappa shape index (κ1) is 15.1. The van der Waals surface area contributed by atoms with E-state index in [1.165, 1.54) is 43.4 Å². The summed E-state index contributed by atoms with van der Waals surface area (Å²) in [5.74, 6) is 1.83. The molecule has 1 nitrogen and oxygen atoms in total. The minimum atomic E-state index is 0.506. The second kappa shape index (κ2) is 6.41. The van der Waals surface area contributed by atoms with Crippen LogP contribution in [0.25, 0.3) is 0 Å². The Morgan fingerprint density at radius 3 is 2.37 bits per heavy atom. The summed E-state index contributed by atoms with van der Waals surface area (Å²) in [4.78, 5) is 0. The van der Waals surface area contributed by atoms with E-state index < -0.39 is 0 Å². The van der Waals surface area contributed by atoms with E-state index >= 15 is 0 Å². The second-order valence-corrected chi connectivity index (χ2v) is 8.04. The molecule has 0 atom stereocenters. The summed E-state index contributed by atoms with van der Waals surface area (Å²) >= 11 is 1.82. The Labute approximate surface area is 122 Å². The van der Waals surface area contributed by atoms with Crippen LogP contribution in [0.1, 0.15) is 57.6 Å². The predicted molar refractivity (Wildman–Crippen MR) is 85.7 cm³/mol. The number of nitrogens with one attached hydrogen (secondary N) is 1. The van der Waals surface area contributed by atoms with Gasteiger partial charge in [0.15, 0.2) is 0 Å². The molecular weight excluding hydrogens is 250 g/mol. The average Bonchev–Trinajstić information content (AvgIpc) is 2.75. The predicted octanol–water partition coefficient (Wildman–Crippen LogP) is 5.00. The first-order valence-electron chi connectivity index (χ1n) is 7.69. The lowest BCUT2D eigenvalue weighted by Gasteiger charge is -2.37. The first-order chi connectivity index (χ1) is 8.97. The molecule has 0 amide bonds. The lowest BCUT2D eigenvalue weighted by Crippen LogP contribution is -2.30. The van der Waals surface area contributed by atoms with Gasteiger partial charge in [-0.2, -0.15) is 11.3 Å². The molecule has 1 N–H and O–H groups in total. The first-order valence-corrected chi connectivity index (χ1v) is 8.63. The number of rotatable bonds is 4. The van der Waals surface area contributed by atoms with E-state index in [4.69, 9.17) is 0 Å². The molecule has 0 aromatic carbocycles. The maximum atomic E-state index is 3.66. The van der Waals surface area contributed by atoms with E-state index in [0.717, 1.165) is 18.4 Å². The van der Waals surface area contributed by atoms with Gasteiger partial charge in [-0.25, -0.2) is 0 Å². The molecule has 1 aliphatic rings. The van der Waals surface area contributed by atoms with Crippen LogP contribution in [0.4, 0.5) is 0 Å². The van der Waals surface area contributed by atoms with E-state index in [1.807, 2.05) is 11.3 Å². The summed E-state index contributed by atoms with van der Waals surface area (Å²) in [6.07, 6.45) is 5.68. The third-order valence-corrected chi connectivity index (χ3v) is 5.69. The van der Waals surface area contributed by atoms with Crippen LogP contribution in [0.15, 0.2) is 10.8 Å². The molecule has 19 heavy (non-hydrogen) atoms. The smallest absolute Gasteiger partial charge is 0.0216 e. The largest absolute Gasteiger partial charge is 0.312 e. The van der Waals surface area contributed by atoms with Gasteiger partial charge in [0.25, 0.3) is 0 Å². The van der Waals surface area contributed by atoms with Gasteiger partial charge < -0.3 is 5.32 Å². The lowest BCUT2D eigenvalue weighted by molar-refractivity contribution is 0.149. The molecule has 1 aromatic rings. The molecule has 2 heteroatoms. The van der Waals surface area contributed by atoms with Crippen molar-refractivity contribution in [1.82, 2.24) is 5.32 Å². The van der Waals surface area contributed by atoms with Crippen molar-refractivity contribution >= 4 is 11.3 Å². The van der Waals surface area contributed by atoms with E-state index in [1.54, 1.807) is 0 Å². The van der Waals surface area contributed by atoms with Gasteiger partial charge in [0, 0.05) is 6.54 Å². The molecule has 0 unspecified atom stereocenters. The zero-order valence-electron chi connectivity index (χ0n) is 13.0. The number of hydrogen-bond acceptors (Lipinski definition) is 2. The third-order valence-electron chi connectivity index (χ3n) is 4.78. The van der Waals surface area contributed by atoms with E-state index in [9.17, 15) is 0 Å². The Morgan fingerprint density at radius 1 is 1.16 bits per heavy atom. The molecule has 1 aromatic heterocycles. The highest BCUT2D eigenvalue weighted by atomic mass is 32.1. The van der Waals surface area contributed by atoms with Crippen molar-refractivity contribution in [3.05, 3.63) is 21.9 Å². The monoisotopic (exact) mass is 279 g/mol. The van der Waals surface area contributed by atoms with Crippen molar-refractivity contribution < 1.29 is 0 Å². The molecular formula is C17H29NS. The molecule has 0 bridgehead atoms. The van der Waals surface area contributed by atoms with Crippen molar-refractivity contribution in [1.29, 1.82) is 0 Å². The fourth-order valence-electron chi connectivity index (χ4n) is 3.21. The van der Waals surface area contributed by atoms with Crippen LogP contribution < -0.4 is 5.32 Å². The Hall–Kier alpha value is -0.340. The van der Waals surface area contributed by atoms with Crippen LogP contribution in [0.5, 0.6) is 0 Å². The maximum Gasteiger partial charge on any atom is 0.0216 e. The Balaban J connectivity index is 1.68. The van der Waals surface area contributed by atoms with E-state index in [-0.39, 0.29) is 0 Å². The number of hydrogen-bond donors (Lipinski definition) is 1. The topological polar surface area (TPSA) is 12.0 Å². The second-order valence-electron chi connectivity index (χ2n) is 7.29. The van der Waals surface area contributed by atoms with Crippen molar-refractivity contribution in [3.63, 3.8) is 0 Å². The fourth-order valence-corrected chi connectivity index (χ4v) is 4.07. The maximum absolute atomic E-state index is 3.66. The summed E-state index contributed by atoms with van der Waals surface area (Å²) in [5.41, 5.74) is 3.42. The molecule has 1 fully saturated rings. The molecule has 1 saturated carbocycles. The zero-order valence-corrected chi connectivity index (χ0v) is 13.8. The van der Waals surface area contributed by atoms with Crippen molar-refractivity contribution in [2.45, 2.75) is 59.9 Å². The highest BCUT2D eigenvalue weighted by Crippen LogP contribution is 2.39. The van der Waals surface area contributed by atoms with Crippen LogP contribution in [-0.2, 0) is 6.54 Å². The third kappa shape index (κ3) is 4.32. The molecule has 0 aliphatic heterocycles. The Morgan fingerprint density at radius 2 is 1.84 bits per heavy atom. The summed E-state index contributed by atoms with van der Waals surface area (Å²) in [5, 5.41) is 8.18. The van der Waals surface area contributed by atoms with Gasteiger partial charge in [0.1, 0.15) is 0 Å². The molecule has 0 saturated heterocycles. The normalized spacial score (nSPS) is 24.6. The summed E-state index contributed by atoms with van der Waals surface area (Å²) in [6.45, 7) is 11.7. The minimum Gasteiger partial charge on any atom is -0.312 e. The van der Waals surface area contributed by atoms with Crippen molar-refractivity contribution in [3.8, 4) is 0 Å². The summed E-state index contributed by atoms with van der Waals surface area (Å²) < 4.78 is 0. The fraction of sp³-hybridized carbons (Fsp3) is 0.765. The van der Waals surface area contributed by atoms with Gasteiger partial charge in [0.2, 0.25) is 0 Å². The van der Waals surface area contributed by atoms with E-state index in [0.29, 0.717) is 5.41 Å². The van der Waals surface area contributed by atoms with Crippen LogP contribution in [-0.4, -0.2) is 6.54 Å². The summed E-state index contributed by atoms with van der Waals surface area (Å²) in [7, 11) is 0. The number of aryl methyl sites for hydroxylation is 1. The molecule has 108 valence electrons. The SMILES string of the molecule is Cc1cscc1CNCC1CCC(C(C)(C)C)CC1. The van der Waals surface area contributed by atoms with Crippen LogP contribution in [0, 0.1) is 24.2 Å². The van der Waals surface area contributed by atoms with Crippen LogP contribution in [0.3, 0.4) is 0 Å². The van der Waals surface area contributed by atoms with Crippen molar-refractivity contribution in [2.24, 2.45) is 17.3 Å². The standard InChI is InChI=1S/C17H29NS/c1-13-11-19-12-15(13)10-18-9-14-5-7-16(8-6-14)17(2,3)4/h11-12,14,16,18H,5-10H2,1-4H3. The van der Waals surface area contributed by atoms with Crippen molar-refractivity contribution in [2.75, 3.05) is 6.54 Å². The molecule has 2 rings (SSSR count). The zero-order chi connectivity index (χ0) is 13.9. The van der Waals surface area contributed by atoms with E-state index in [2.05, 4.69) is 43.8 Å². The van der Waals surface area contributed by atoms with Gasteiger partial charge >= 0.3 is 0 Å². The van der Waals surface area contributed by atoms with Gasteiger partial charge in [-0.1, -0.05) is 20.8 Å². The number of thiophene rings is 1. The molecule has 0 spiro atoms. The Bertz CT molecular complexity index is 380. The van der Waals surface area contributed by atoms with Gasteiger partial charge in [-0.3, -0.25) is 0 Å². The lowest BCUT2D eigenvalue weighted by atomic mass is 9.70. The molecule has 1 aliphatic carbocycles. The van der Waals surface area contributed by atoms with Gasteiger partial charge in [0.05, 0.1) is 0 Å². The molecule has 0 radical (unpaired) electrons. The molecule has 1 heterocycles. The quantitative estimate of drug-likeness (QED) is 0.818. The van der Waals surface area contributed by atoms with Gasteiger partial charge in [-0.05, 0) is 78.3 Å². The van der Waals surface area contributed by atoms with Crippen LogP contribution >= 0.6 is 11.3 Å². The Kier molecular flexibility index (Phi) is 5.08. The van der Waals surface area contributed by atoms with Gasteiger partial charge in [-0.15, -0.1) is 0 Å². The van der Waals surface area contributed by atoms with Crippen LogP contribution in [0.2, 0.25) is 0 Å². The average molecular weight is 279 g/mol.